The fourth-order valence-corrected chi connectivity index (χ4v) is 3.92. The van der Waals surface area contributed by atoms with Gasteiger partial charge in [-0.1, -0.05) is 31.2 Å². The minimum atomic E-state index is -4.64. The zero-order chi connectivity index (χ0) is 26.5. The number of para-hydroxylation sites is 1. The lowest BCUT2D eigenvalue weighted by molar-refractivity contribution is -0.139. The minimum Gasteiger partial charge on any atom is -0.463 e. The summed E-state index contributed by atoms with van der Waals surface area (Å²) < 4.78 is 44.9. The third kappa shape index (κ3) is 5.96. The lowest BCUT2D eigenvalue weighted by Crippen LogP contribution is -2.48. The fourth-order valence-electron chi connectivity index (χ4n) is 3.92. The SMILES string of the molecule is CCCN1C(=O)N[C@H](c2cccc(NC(=O)Nc3ccccc3C(F)(F)F)c2)C(C(=O)OCC)=C1C. The number of ether oxygens (including phenoxy) is 1. The molecule has 0 fully saturated rings. The predicted octanol–water partition coefficient (Wildman–Crippen LogP) is 5.66. The first-order valence-corrected chi connectivity index (χ1v) is 11.4. The molecule has 1 aliphatic rings. The van der Waals surface area contributed by atoms with Crippen LogP contribution in [0.4, 0.5) is 34.1 Å². The summed E-state index contributed by atoms with van der Waals surface area (Å²) in [4.78, 5) is 39.5. The van der Waals surface area contributed by atoms with E-state index in [0.717, 1.165) is 12.1 Å². The number of benzene rings is 2. The summed E-state index contributed by atoms with van der Waals surface area (Å²) in [5.74, 6) is -0.582. The van der Waals surface area contributed by atoms with E-state index in [1.165, 1.54) is 29.2 Å². The number of alkyl halides is 3. The molecule has 2 aromatic rings. The number of urea groups is 2. The Labute approximate surface area is 206 Å². The Bertz CT molecular complexity index is 1180. The molecule has 1 aliphatic heterocycles. The first-order chi connectivity index (χ1) is 17.1. The molecule has 36 heavy (non-hydrogen) atoms. The van der Waals surface area contributed by atoms with Crippen molar-refractivity contribution in [3.63, 3.8) is 0 Å². The minimum absolute atomic E-state index is 0.144. The van der Waals surface area contributed by atoms with Crippen LogP contribution in [0.1, 0.15) is 44.4 Å². The van der Waals surface area contributed by atoms with Crippen LogP contribution in [0, 0.1) is 0 Å². The predicted molar refractivity (Wildman–Crippen MR) is 128 cm³/mol. The Hall–Kier alpha value is -4.02. The maximum atomic E-state index is 13.2. The summed E-state index contributed by atoms with van der Waals surface area (Å²) >= 11 is 0. The Kier molecular flexibility index (Phi) is 8.23. The summed E-state index contributed by atoms with van der Waals surface area (Å²) in [7, 11) is 0. The average Bonchev–Trinajstić information content (AvgIpc) is 2.81. The van der Waals surface area contributed by atoms with Crippen molar-refractivity contribution in [2.24, 2.45) is 0 Å². The van der Waals surface area contributed by atoms with Gasteiger partial charge in [-0.3, -0.25) is 4.90 Å². The zero-order valence-corrected chi connectivity index (χ0v) is 20.0. The molecule has 11 heteroatoms. The van der Waals surface area contributed by atoms with Crippen molar-refractivity contribution in [1.82, 2.24) is 10.2 Å². The van der Waals surface area contributed by atoms with E-state index in [1.54, 1.807) is 26.0 Å². The van der Waals surface area contributed by atoms with E-state index >= 15 is 0 Å². The number of hydrogen-bond acceptors (Lipinski definition) is 4. The van der Waals surface area contributed by atoms with Crippen molar-refractivity contribution in [3.05, 3.63) is 70.9 Å². The van der Waals surface area contributed by atoms with Crippen molar-refractivity contribution in [3.8, 4) is 0 Å². The molecule has 0 radical (unpaired) electrons. The van der Waals surface area contributed by atoms with Crippen LogP contribution in [0.3, 0.4) is 0 Å². The summed E-state index contributed by atoms with van der Waals surface area (Å²) in [5, 5.41) is 7.52. The summed E-state index contributed by atoms with van der Waals surface area (Å²) in [5.41, 5.74) is 0.0815. The van der Waals surface area contributed by atoms with Crippen LogP contribution >= 0.6 is 0 Å². The first-order valence-electron chi connectivity index (χ1n) is 11.4. The molecule has 2 aromatic carbocycles. The molecule has 0 saturated carbocycles. The second kappa shape index (κ2) is 11.1. The summed E-state index contributed by atoms with van der Waals surface area (Å²) in [6, 6.07) is 8.83. The van der Waals surface area contributed by atoms with E-state index in [1.807, 2.05) is 6.92 Å². The van der Waals surface area contributed by atoms with Gasteiger partial charge in [0.1, 0.15) is 0 Å². The number of hydrogen-bond donors (Lipinski definition) is 3. The van der Waals surface area contributed by atoms with E-state index in [2.05, 4.69) is 16.0 Å². The lowest BCUT2D eigenvalue weighted by atomic mass is 9.94. The molecular weight excluding hydrogens is 477 g/mol. The van der Waals surface area contributed by atoms with Crippen LogP contribution in [0.2, 0.25) is 0 Å². The first kappa shape index (κ1) is 26.6. The largest absolute Gasteiger partial charge is 0.463 e. The van der Waals surface area contributed by atoms with Gasteiger partial charge in [0.2, 0.25) is 0 Å². The van der Waals surface area contributed by atoms with Gasteiger partial charge < -0.3 is 20.7 Å². The number of nitrogens with zero attached hydrogens (tertiary/aromatic N) is 1. The van der Waals surface area contributed by atoms with Crippen molar-refractivity contribution in [1.29, 1.82) is 0 Å². The normalized spacial score (nSPS) is 15.9. The van der Waals surface area contributed by atoms with Gasteiger partial charge in [0.25, 0.3) is 0 Å². The molecule has 0 aliphatic carbocycles. The number of rotatable bonds is 7. The number of anilines is 2. The second-order valence-corrected chi connectivity index (χ2v) is 8.00. The molecular formula is C25H27F3N4O4. The number of allylic oxidation sites excluding steroid dienone is 1. The van der Waals surface area contributed by atoms with E-state index in [-0.39, 0.29) is 23.9 Å². The number of esters is 1. The Morgan fingerprint density at radius 2 is 1.81 bits per heavy atom. The molecule has 3 N–H and O–H groups in total. The quantitative estimate of drug-likeness (QED) is 0.424. The average molecular weight is 505 g/mol. The van der Waals surface area contributed by atoms with Crippen LogP contribution in [-0.4, -0.2) is 36.1 Å². The molecule has 0 aromatic heterocycles. The van der Waals surface area contributed by atoms with Crippen molar-refractivity contribution in [2.75, 3.05) is 23.8 Å². The van der Waals surface area contributed by atoms with E-state index in [9.17, 15) is 27.6 Å². The third-order valence-electron chi connectivity index (χ3n) is 5.50. The molecule has 0 unspecified atom stereocenters. The van der Waals surface area contributed by atoms with Crippen LogP contribution in [-0.2, 0) is 15.7 Å². The Balaban J connectivity index is 1.88. The molecule has 0 bridgehead atoms. The maximum Gasteiger partial charge on any atom is 0.418 e. The zero-order valence-electron chi connectivity index (χ0n) is 20.0. The number of halogens is 3. The van der Waals surface area contributed by atoms with Crippen LogP contribution in [0.5, 0.6) is 0 Å². The van der Waals surface area contributed by atoms with Gasteiger partial charge in [-0.15, -0.1) is 0 Å². The Morgan fingerprint density at radius 3 is 2.47 bits per heavy atom. The Morgan fingerprint density at radius 1 is 1.08 bits per heavy atom. The summed E-state index contributed by atoms with van der Waals surface area (Å²) in [6.45, 7) is 5.80. The smallest absolute Gasteiger partial charge is 0.418 e. The summed E-state index contributed by atoms with van der Waals surface area (Å²) in [6.07, 6.45) is -3.96. The van der Waals surface area contributed by atoms with Crippen molar-refractivity contribution in [2.45, 2.75) is 39.4 Å². The molecule has 1 atom stereocenters. The lowest BCUT2D eigenvalue weighted by Gasteiger charge is -2.35. The molecule has 8 nitrogen and oxygen atoms in total. The molecule has 0 spiro atoms. The maximum absolute atomic E-state index is 13.2. The number of nitrogens with one attached hydrogen (secondary N) is 3. The van der Waals surface area contributed by atoms with Crippen molar-refractivity contribution < 1.29 is 32.3 Å². The highest BCUT2D eigenvalue weighted by molar-refractivity contribution is 6.00. The van der Waals surface area contributed by atoms with Gasteiger partial charge in [0, 0.05) is 17.9 Å². The van der Waals surface area contributed by atoms with Gasteiger partial charge in [-0.05, 0) is 50.1 Å². The van der Waals surface area contributed by atoms with Crippen LogP contribution in [0.25, 0.3) is 0 Å². The van der Waals surface area contributed by atoms with E-state index in [4.69, 9.17) is 4.74 Å². The third-order valence-corrected chi connectivity index (χ3v) is 5.50. The van der Waals surface area contributed by atoms with Gasteiger partial charge in [-0.25, -0.2) is 14.4 Å². The fraction of sp³-hybridized carbons (Fsp3) is 0.320. The van der Waals surface area contributed by atoms with E-state index in [0.29, 0.717) is 24.2 Å². The monoisotopic (exact) mass is 504 g/mol. The van der Waals surface area contributed by atoms with Gasteiger partial charge in [-0.2, -0.15) is 13.2 Å². The topological polar surface area (TPSA) is 99.8 Å². The highest BCUT2D eigenvalue weighted by atomic mass is 19.4. The molecule has 192 valence electrons. The molecule has 4 amide bonds. The van der Waals surface area contributed by atoms with Crippen LogP contribution in [0.15, 0.2) is 59.8 Å². The number of carbonyl (C=O) groups excluding carboxylic acids is 3. The number of amides is 4. The van der Waals surface area contributed by atoms with Gasteiger partial charge in [0.15, 0.2) is 0 Å². The standard InChI is InChI=1S/C25H27F3N4O4/c1-4-13-32-15(3)20(22(33)36-5-2)21(31-24(32)35)16-9-8-10-17(14-16)29-23(34)30-19-12-7-6-11-18(19)25(26,27)28/h6-12,14,21H,4-5,13H2,1-3H3,(H,31,35)(H2,29,30,34)/t21-/m1/s1. The van der Waals surface area contributed by atoms with Crippen LogP contribution < -0.4 is 16.0 Å². The second-order valence-electron chi connectivity index (χ2n) is 8.00. The van der Waals surface area contributed by atoms with Gasteiger partial charge >= 0.3 is 24.2 Å². The van der Waals surface area contributed by atoms with E-state index < -0.39 is 35.5 Å². The highest BCUT2D eigenvalue weighted by Crippen LogP contribution is 2.35. The molecule has 1 heterocycles. The van der Waals surface area contributed by atoms with Crippen molar-refractivity contribution >= 4 is 29.4 Å². The molecule has 0 saturated heterocycles. The number of carbonyl (C=O) groups is 3. The van der Waals surface area contributed by atoms with Gasteiger partial charge in [0.05, 0.1) is 29.5 Å². The molecule has 3 rings (SSSR count). The highest BCUT2D eigenvalue weighted by Gasteiger charge is 2.36.